The summed E-state index contributed by atoms with van der Waals surface area (Å²) in [4.78, 5) is 0. The van der Waals surface area contributed by atoms with Crippen molar-refractivity contribution in [2.45, 2.75) is 0 Å². The van der Waals surface area contributed by atoms with E-state index >= 15 is 0 Å². The first kappa shape index (κ1) is 13.5. The molecular weight excluding hydrogens is 258 g/mol. The molecule has 0 aliphatic carbocycles. The maximum absolute atomic E-state index is 5.50. The Balaban J connectivity index is 2.41. The number of hydrogen-bond donors (Lipinski definition) is 0. The van der Waals surface area contributed by atoms with E-state index in [1.807, 2.05) is 6.07 Å². The zero-order valence-corrected chi connectivity index (χ0v) is 12.6. The lowest BCUT2D eigenvalue weighted by atomic mass is 10.3. The van der Waals surface area contributed by atoms with Crippen LogP contribution in [0.25, 0.3) is 0 Å². The summed E-state index contributed by atoms with van der Waals surface area (Å²) >= 11 is 0. The van der Waals surface area contributed by atoms with Crippen LogP contribution in [0.3, 0.4) is 0 Å². The summed E-state index contributed by atoms with van der Waals surface area (Å²) in [6, 6.07) is 19.1. The van der Waals surface area contributed by atoms with E-state index in [4.69, 9.17) is 4.74 Å². The van der Waals surface area contributed by atoms with E-state index in [0.29, 0.717) is 0 Å². The molecule has 2 aromatic rings. The molecule has 3 heteroatoms. The highest BCUT2D eigenvalue weighted by atomic mass is 31.1. The summed E-state index contributed by atoms with van der Waals surface area (Å²) in [6.45, 7) is 0. The van der Waals surface area contributed by atoms with Crippen LogP contribution in [-0.2, 0) is 0 Å². The van der Waals surface area contributed by atoms with Gasteiger partial charge in [-0.25, -0.2) is 0 Å². The predicted molar refractivity (Wildman–Crippen MR) is 85.1 cm³/mol. The largest absolute Gasteiger partial charge is 0.496 e. The van der Waals surface area contributed by atoms with Gasteiger partial charge in [0.1, 0.15) is 5.75 Å². The lowest BCUT2D eigenvalue weighted by Gasteiger charge is -2.20. The number of methoxy groups -OCH3 is 1. The van der Waals surface area contributed by atoms with Crippen LogP contribution < -0.4 is 15.3 Å². The van der Waals surface area contributed by atoms with Crippen molar-refractivity contribution in [3.63, 3.8) is 0 Å². The minimum absolute atomic E-state index is 0.323. The second-order valence-electron chi connectivity index (χ2n) is 3.95. The molecule has 0 aromatic heterocycles. The van der Waals surface area contributed by atoms with Gasteiger partial charge in [0.05, 0.1) is 7.11 Å². The van der Waals surface area contributed by atoms with Gasteiger partial charge in [-0.1, -0.05) is 48.5 Å². The Morgan fingerprint density at radius 2 is 1.67 bits per heavy atom. The Labute approximate surface area is 113 Å². The van der Waals surface area contributed by atoms with E-state index < -0.39 is 0 Å². The topological polar surface area (TPSA) is 9.23 Å². The quantitative estimate of drug-likeness (QED) is 0.763. The zero-order chi connectivity index (χ0) is 12.8. The monoisotopic (exact) mass is 276 g/mol. The van der Waals surface area contributed by atoms with E-state index in [1.54, 1.807) is 7.11 Å². The van der Waals surface area contributed by atoms with Crippen LogP contribution in [0.2, 0.25) is 0 Å². The Morgan fingerprint density at radius 1 is 1.00 bits per heavy atom. The molecule has 0 aliphatic rings. The molecule has 0 aliphatic heterocycles. The minimum Gasteiger partial charge on any atom is -0.496 e. The van der Waals surface area contributed by atoms with Gasteiger partial charge < -0.3 is 4.74 Å². The normalized spacial score (nSPS) is 12.1. The molecule has 0 bridgehead atoms. The molecule has 0 saturated heterocycles. The summed E-state index contributed by atoms with van der Waals surface area (Å²) in [5, 5.41) is 2.75. The van der Waals surface area contributed by atoms with Gasteiger partial charge in [-0.05, 0) is 31.6 Å². The molecule has 94 valence electrons. The van der Waals surface area contributed by atoms with E-state index in [2.05, 4.69) is 57.8 Å². The third kappa shape index (κ3) is 3.10. The van der Waals surface area contributed by atoms with Gasteiger partial charge in [0, 0.05) is 5.30 Å². The Morgan fingerprint density at radius 3 is 2.33 bits per heavy atom. The van der Waals surface area contributed by atoms with E-state index in [9.17, 15) is 0 Å². The Bertz CT molecular complexity index is 485. The molecule has 2 rings (SSSR count). The molecule has 0 heterocycles. The molecule has 0 saturated carbocycles. The van der Waals surface area contributed by atoms with Gasteiger partial charge in [-0.3, -0.25) is 0 Å². The lowest BCUT2D eigenvalue weighted by Crippen LogP contribution is -2.16. The summed E-state index contributed by atoms with van der Waals surface area (Å²) < 4.78 is 5.50. The average Bonchev–Trinajstić information content (AvgIpc) is 2.46. The molecular formula is C15H18OP2. The maximum atomic E-state index is 5.50. The van der Waals surface area contributed by atoms with Crippen molar-refractivity contribution in [1.29, 1.82) is 0 Å². The standard InChI is InChI=1S/C15H18OP2/c1-16-14-9-5-6-10-15(14)18(12-11-17)13-7-3-2-4-8-13/h2-10H,11-12,17H2,1H3/t18-/m0/s1. The van der Waals surface area contributed by atoms with E-state index in [0.717, 1.165) is 11.9 Å². The van der Waals surface area contributed by atoms with Crippen LogP contribution in [0.5, 0.6) is 5.75 Å². The highest BCUT2D eigenvalue weighted by Gasteiger charge is 2.16. The van der Waals surface area contributed by atoms with Crippen molar-refractivity contribution in [2.24, 2.45) is 0 Å². The first-order valence-electron chi connectivity index (χ1n) is 6.02. The summed E-state index contributed by atoms with van der Waals surface area (Å²) in [5.41, 5.74) is 0. The fourth-order valence-corrected chi connectivity index (χ4v) is 5.02. The molecule has 2 aromatic carbocycles. The smallest absolute Gasteiger partial charge is 0.126 e. The molecule has 0 N–H and O–H groups in total. The highest BCUT2D eigenvalue weighted by Crippen LogP contribution is 2.37. The molecule has 18 heavy (non-hydrogen) atoms. The van der Waals surface area contributed by atoms with Crippen LogP contribution in [0.1, 0.15) is 0 Å². The van der Waals surface area contributed by atoms with Crippen molar-refractivity contribution < 1.29 is 4.74 Å². The second kappa shape index (κ2) is 6.88. The molecule has 0 radical (unpaired) electrons. The molecule has 1 unspecified atom stereocenters. The Kier molecular flexibility index (Phi) is 5.17. The third-order valence-electron chi connectivity index (χ3n) is 2.80. The molecule has 0 amide bonds. The van der Waals surface area contributed by atoms with Gasteiger partial charge in [0.25, 0.3) is 0 Å². The number of rotatable bonds is 5. The van der Waals surface area contributed by atoms with Gasteiger partial charge in [0.2, 0.25) is 0 Å². The highest BCUT2D eigenvalue weighted by molar-refractivity contribution is 7.73. The molecule has 2 atom stereocenters. The molecule has 0 spiro atoms. The Hall–Kier alpha value is -0.900. The summed E-state index contributed by atoms with van der Waals surface area (Å²) in [7, 11) is 4.26. The van der Waals surface area contributed by atoms with Crippen LogP contribution in [0, 0.1) is 0 Å². The number of benzene rings is 2. The third-order valence-corrected chi connectivity index (χ3v) is 6.15. The first-order valence-corrected chi connectivity index (χ1v) is 8.37. The summed E-state index contributed by atoms with van der Waals surface area (Å²) in [6.07, 6.45) is 2.28. The van der Waals surface area contributed by atoms with Crippen molar-refractivity contribution >= 4 is 27.8 Å². The summed E-state index contributed by atoms with van der Waals surface area (Å²) in [5.74, 6) is 1.01. The molecule has 0 fully saturated rings. The van der Waals surface area contributed by atoms with E-state index in [1.165, 1.54) is 16.8 Å². The van der Waals surface area contributed by atoms with Gasteiger partial charge in [-0.2, -0.15) is 0 Å². The number of ether oxygens (including phenoxy) is 1. The van der Waals surface area contributed by atoms with Crippen LogP contribution in [0.15, 0.2) is 54.6 Å². The number of para-hydroxylation sites is 1. The lowest BCUT2D eigenvalue weighted by molar-refractivity contribution is 0.418. The van der Waals surface area contributed by atoms with Gasteiger partial charge in [-0.15, -0.1) is 9.24 Å². The van der Waals surface area contributed by atoms with Crippen LogP contribution in [0.4, 0.5) is 0 Å². The van der Waals surface area contributed by atoms with Gasteiger partial charge >= 0.3 is 0 Å². The van der Waals surface area contributed by atoms with Crippen LogP contribution in [-0.4, -0.2) is 19.4 Å². The van der Waals surface area contributed by atoms with Gasteiger partial charge in [0.15, 0.2) is 0 Å². The van der Waals surface area contributed by atoms with E-state index in [-0.39, 0.29) is 7.92 Å². The maximum Gasteiger partial charge on any atom is 0.126 e. The average molecular weight is 276 g/mol. The van der Waals surface area contributed by atoms with Crippen LogP contribution >= 0.6 is 17.2 Å². The van der Waals surface area contributed by atoms with Crippen molar-refractivity contribution in [2.75, 3.05) is 19.4 Å². The SMILES string of the molecule is COc1ccccc1[P@@](CCP)c1ccccc1. The predicted octanol–water partition coefficient (Wildman–Crippen LogP) is 3.00. The number of hydrogen-bond acceptors (Lipinski definition) is 1. The fraction of sp³-hybridized carbons (Fsp3) is 0.200. The van der Waals surface area contributed by atoms with Crippen molar-refractivity contribution in [1.82, 2.24) is 0 Å². The van der Waals surface area contributed by atoms with Crippen molar-refractivity contribution in [3.8, 4) is 5.75 Å². The minimum atomic E-state index is -0.323. The van der Waals surface area contributed by atoms with Crippen molar-refractivity contribution in [3.05, 3.63) is 54.6 Å². The molecule has 1 nitrogen and oxygen atoms in total. The first-order chi connectivity index (χ1) is 8.86. The second-order valence-corrected chi connectivity index (χ2v) is 6.83. The zero-order valence-electron chi connectivity index (χ0n) is 10.5. The fourth-order valence-electron chi connectivity index (χ4n) is 1.98.